The van der Waals surface area contributed by atoms with E-state index < -0.39 is 23.9 Å². The number of rotatable bonds is 14. The van der Waals surface area contributed by atoms with Crippen molar-refractivity contribution in [3.8, 4) is 0 Å². The monoisotopic (exact) mass is 837 g/mol. The van der Waals surface area contributed by atoms with Crippen molar-refractivity contribution >= 4 is 53.3 Å². The number of anilines is 2. The van der Waals surface area contributed by atoms with Crippen LogP contribution in [-0.4, -0.2) is 116 Å². The highest BCUT2D eigenvalue weighted by atomic mass is 16.6. The molecular weight excluding hydrogens is 779 g/mol. The Balaban J connectivity index is 0.831. The molecule has 4 fully saturated rings. The average Bonchev–Trinajstić information content (AvgIpc) is 3.94. The second-order valence-electron chi connectivity index (χ2n) is 17.9. The Labute approximate surface area is 357 Å². The number of allylic oxidation sites excluding steroid dienone is 1. The van der Waals surface area contributed by atoms with Crippen molar-refractivity contribution in [2.24, 2.45) is 33.7 Å². The molecule has 7 rings (SSSR count). The second-order valence-corrected chi connectivity index (χ2v) is 17.9. The van der Waals surface area contributed by atoms with E-state index in [-0.39, 0.29) is 54.0 Å². The Morgan fingerprint density at radius 3 is 2.31 bits per heavy atom. The van der Waals surface area contributed by atoms with Crippen molar-refractivity contribution in [2.75, 3.05) is 55.6 Å². The van der Waals surface area contributed by atoms with Crippen LogP contribution in [0.25, 0.3) is 0 Å². The first kappa shape index (κ1) is 43.3. The standard InChI is InChI=1S/C45H59N9O7/c1-28(2)49-44(60)61-35-11-7-32(20-35)38(46)22-39(47)50-41(57)31-5-8-33(9-6-31)53-19-16-45(26-53)24-51(25-45)23-30-14-17-52(18-15-30)34-10-12-36-37(21-34)43(59)54(42(36)58)29(3)4-13-40(56)48-27-55/h5-6,8-10,12,21-22,27-30,32,35H,4,7,11,13-20,23-26,46H2,1-3H3,(H,49,60)(H2,47,50,57)(H,48,55,56)/b38-22-. The number of amides is 6. The van der Waals surface area contributed by atoms with Gasteiger partial charge in [-0.2, -0.15) is 4.99 Å². The SMILES string of the molecule is CC(C)NC(=O)OC1CCC(/C(N)=C/C(N)=NC(=O)c2ccc(N3CCC4(CN(CC5CCN(c6ccc7c(c6)C(=O)N(C(C)CCC(=O)NC=O)C7=O)CC5)C4)C3)cc2)C1. The van der Waals surface area contributed by atoms with Gasteiger partial charge in [0.05, 0.1) is 11.1 Å². The molecule has 6 N–H and O–H groups in total. The van der Waals surface area contributed by atoms with Crippen LogP contribution < -0.4 is 31.9 Å². The first-order valence-corrected chi connectivity index (χ1v) is 21.6. The van der Waals surface area contributed by atoms with E-state index in [2.05, 4.69) is 30.3 Å². The molecule has 0 aromatic heterocycles. The fraction of sp³-hybridized carbons (Fsp3) is 0.533. The van der Waals surface area contributed by atoms with Gasteiger partial charge in [0, 0.05) is 98.3 Å². The number of imide groups is 2. The zero-order valence-electron chi connectivity index (χ0n) is 35.4. The highest BCUT2D eigenvalue weighted by Gasteiger charge is 2.48. The number of carbonyl (C=O) groups is 6. The molecule has 2 aromatic rings. The number of carbonyl (C=O) groups excluding carboxylic acids is 6. The summed E-state index contributed by atoms with van der Waals surface area (Å²) in [7, 11) is 0. The Bertz CT molecular complexity index is 2070. The van der Waals surface area contributed by atoms with Gasteiger partial charge >= 0.3 is 6.09 Å². The minimum Gasteiger partial charge on any atom is -0.446 e. The van der Waals surface area contributed by atoms with Crippen LogP contribution in [0, 0.1) is 17.3 Å². The van der Waals surface area contributed by atoms with Crippen LogP contribution in [0.15, 0.2) is 59.2 Å². The van der Waals surface area contributed by atoms with Gasteiger partial charge in [0.25, 0.3) is 17.7 Å². The predicted octanol–water partition coefficient (Wildman–Crippen LogP) is 3.80. The number of fused-ring (bicyclic) bond motifs is 1. The summed E-state index contributed by atoms with van der Waals surface area (Å²) in [5.74, 6) is -0.944. The fourth-order valence-corrected chi connectivity index (χ4v) is 9.72. The number of aliphatic imine (C=N–C) groups is 1. The van der Waals surface area contributed by atoms with E-state index in [1.807, 2.05) is 38.1 Å². The first-order chi connectivity index (χ1) is 29.2. The third-order valence-corrected chi connectivity index (χ3v) is 13.0. The smallest absolute Gasteiger partial charge is 0.407 e. The molecule has 1 saturated carbocycles. The number of likely N-dealkylation sites (tertiary alicyclic amines) is 1. The minimum atomic E-state index is -0.477. The molecule has 16 heteroatoms. The lowest BCUT2D eigenvalue weighted by molar-refractivity contribution is -0.125. The zero-order chi connectivity index (χ0) is 43.4. The Morgan fingerprint density at radius 2 is 1.61 bits per heavy atom. The van der Waals surface area contributed by atoms with E-state index in [0.29, 0.717) is 47.6 Å². The van der Waals surface area contributed by atoms with Crippen LogP contribution in [-0.2, 0) is 14.3 Å². The Kier molecular flexibility index (Phi) is 13.1. The molecule has 6 amide bonds. The van der Waals surface area contributed by atoms with Crippen molar-refractivity contribution in [1.82, 2.24) is 20.4 Å². The predicted molar refractivity (Wildman–Crippen MR) is 231 cm³/mol. The van der Waals surface area contributed by atoms with Gasteiger partial charge in [0.15, 0.2) is 0 Å². The summed E-state index contributed by atoms with van der Waals surface area (Å²) >= 11 is 0. The van der Waals surface area contributed by atoms with Gasteiger partial charge in [0.2, 0.25) is 12.3 Å². The third-order valence-electron chi connectivity index (χ3n) is 13.0. The number of hydrogen-bond donors (Lipinski definition) is 4. The van der Waals surface area contributed by atoms with Crippen LogP contribution in [0.4, 0.5) is 16.2 Å². The van der Waals surface area contributed by atoms with Crippen LogP contribution in [0.3, 0.4) is 0 Å². The van der Waals surface area contributed by atoms with Gasteiger partial charge in [-0.3, -0.25) is 34.2 Å². The summed E-state index contributed by atoms with van der Waals surface area (Å²) in [6, 6.07) is 12.6. The molecule has 2 aromatic carbocycles. The largest absolute Gasteiger partial charge is 0.446 e. The maximum Gasteiger partial charge on any atom is 0.407 e. The number of alkyl carbamates (subject to hydrolysis) is 1. The van der Waals surface area contributed by atoms with E-state index in [1.54, 1.807) is 25.1 Å². The molecule has 61 heavy (non-hydrogen) atoms. The van der Waals surface area contributed by atoms with E-state index in [4.69, 9.17) is 16.2 Å². The lowest BCUT2D eigenvalue weighted by Crippen LogP contribution is -2.59. The summed E-state index contributed by atoms with van der Waals surface area (Å²) in [5.41, 5.74) is 16.5. The molecule has 4 aliphatic heterocycles. The van der Waals surface area contributed by atoms with E-state index in [1.165, 1.54) is 11.0 Å². The Hall–Kier alpha value is -5.77. The number of nitrogens with zero attached hydrogens (tertiary/aromatic N) is 5. The summed E-state index contributed by atoms with van der Waals surface area (Å²) in [6.07, 6.45) is 6.81. The molecule has 3 unspecified atom stereocenters. The summed E-state index contributed by atoms with van der Waals surface area (Å²) in [4.78, 5) is 86.3. The zero-order valence-corrected chi connectivity index (χ0v) is 35.4. The quantitative estimate of drug-likeness (QED) is 0.0927. The van der Waals surface area contributed by atoms with Crippen molar-refractivity contribution in [1.29, 1.82) is 0 Å². The van der Waals surface area contributed by atoms with Crippen LogP contribution in [0.2, 0.25) is 0 Å². The topological polar surface area (TPSA) is 213 Å². The van der Waals surface area contributed by atoms with Gasteiger partial charge in [-0.1, -0.05) is 0 Å². The molecule has 4 heterocycles. The molecule has 1 spiro atoms. The van der Waals surface area contributed by atoms with Crippen LogP contribution >= 0.6 is 0 Å². The number of amidine groups is 1. The minimum absolute atomic E-state index is 0.00408. The fourth-order valence-electron chi connectivity index (χ4n) is 9.72. The highest BCUT2D eigenvalue weighted by molar-refractivity contribution is 6.22. The summed E-state index contributed by atoms with van der Waals surface area (Å²) in [6.45, 7) is 12.4. The maximum absolute atomic E-state index is 13.3. The van der Waals surface area contributed by atoms with Crippen LogP contribution in [0.5, 0.6) is 0 Å². The van der Waals surface area contributed by atoms with Crippen molar-refractivity contribution in [2.45, 2.75) is 90.3 Å². The van der Waals surface area contributed by atoms with Gasteiger partial charge in [-0.15, -0.1) is 0 Å². The average molecular weight is 838 g/mol. The van der Waals surface area contributed by atoms with E-state index in [9.17, 15) is 28.8 Å². The molecule has 326 valence electrons. The molecular formula is C45H59N9O7. The Morgan fingerprint density at radius 1 is 0.902 bits per heavy atom. The lowest BCUT2D eigenvalue weighted by Gasteiger charge is -2.50. The van der Waals surface area contributed by atoms with Crippen LogP contribution in [0.1, 0.15) is 103 Å². The number of nitrogens with two attached hydrogens (primary N) is 2. The molecule has 3 atom stereocenters. The summed E-state index contributed by atoms with van der Waals surface area (Å²) in [5, 5.41) is 4.82. The second kappa shape index (κ2) is 18.5. The molecule has 5 aliphatic rings. The normalized spacial score (nSPS) is 22.4. The number of piperidine rings is 1. The molecule has 16 nitrogen and oxygen atoms in total. The lowest BCUT2D eigenvalue weighted by atomic mass is 9.78. The first-order valence-electron chi connectivity index (χ1n) is 21.6. The number of benzene rings is 2. The summed E-state index contributed by atoms with van der Waals surface area (Å²) < 4.78 is 5.50. The van der Waals surface area contributed by atoms with Gasteiger partial charge in [-0.05, 0) is 120 Å². The molecule has 1 aliphatic carbocycles. The molecule has 0 radical (unpaired) electrons. The number of ether oxygens (including phenoxy) is 1. The van der Waals surface area contributed by atoms with Gasteiger partial charge in [0.1, 0.15) is 11.9 Å². The van der Waals surface area contributed by atoms with Crippen molar-refractivity contribution < 1.29 is 33.5 Å². The third kappa shape index (κ3) is 10.1. The van der Waals surface area contributed by atoms with Crippen molar-refractivity contribution in [3.63, 3.8) is 0 Å². The molecule has 3 saturated heterocycles. The number of hydrogen-bond acceptors (Lipinski definition) is 11. The molecule has 0 bridgehead atoms. The van der Waals surface area contributed by atoms with E-state index >= 15 is 0 Å². The van der Waals surface area contributed by atoms with Crippen molar-refractivity contribution in [3.05, 3.63) is 70.9 Å². The van der Waals surface area contributed by atoms with Gasteiger partial charge in [-0.25, -0.2) is 4.79 Å². The maximum atomic E-state index is 13.3. The highest BCUT2D eigenvalue weighted by Crippen LogP contribution is 2.42. The number of nitrogens with one attached hydrogen (secondary N) is 2. The van der Waals surface area contributed by atoms with Gasteiger partial charge < -0.3 is 36.2 Å². The van der Waals surface area contributed by atoms with E-state index in [0.717, 1.165) is 82.9 Å².